The Balaban J connectivity index is 1.78. The fourth-order valence-corrected chi connectivity index (χ4v) is 3.45. The quantitative estimate of drug-likeness (QED) is 0.678. The van der Waals surface area contributed by atoms with Gasteiger partial charge in [0.05, 0.1) is 15.6 Å². The number of amidine groups is 1. The predicted molar refractivity (Wildman–Crippen MR) is 111 cm³/mol. The average Bonchev–Trinajstić information content (AvgIpc) is 3.00. The summed E-state index contributed by atoms with van der Waals surface area (Å²) in [5.74, 6) is -0.853. The Morgan fingerprint density at radius 1 is 1.32 bits per heavy atom. The molecule has 0 bridgehead atoms. The molecule has 0 saturated carbocycles. The number of thioether (sulfide) groups is 1. The van der Waals surface area contributed by atoms with E-state index in [9.17, 15) is 9.59 Å². The second-order valence-electron chi connectivity index (χ2n) is 5.86. The summed E-state index contributed by atoms with van der Waals surface area (Å²) < 4.78 is 5.50. The molecular formula is C20H17ClN2O4S. The van der Waals surface area contributed by atoms with Gasteiger partial charge in [-0.3, -0.25) is 4.79 Å². The smallest absolute Gasteiger partial charge is 0.344 e. The minimum Gasteiger partial charge on any atom is -0.479 e. The largest absolute Gasteiger partial charge is 0.479 e. The normalized spacial score (nSPS) is 17.6. The van der Waals surface area contributed by atoms with Crippen molar-refractivity contribution < 1.29 is 19.4 Å². The Morgan fingerprint density at radius 3 is 2.82 bits per heavy atom. The summed E-state index contributed by atoms with van der Waals surface area (Å²) in [7, 11) is 0. The van der Waals surface area contributed by atoms with E-state index in [1.807, 2.05) is 6.07 Å². The number of carboxylic acids is 1. The fourth-order valence-electron chi connectivity index (χ4n) is 2.43. The van der Waals surface area contributed by atoms with Gasteiger partial charge >= 0.3 is 5.97 Å². The molecule has 2 N–H and O–H groups in total. The lowest BCUT2D eigenvalue weighted by Gasteiger charge is -2.13. The van der Waals surface area contributed by atoms with Crippen LogP contribution in [-0.2, 0) is 9.59 Å². The van der Waals surface area contributed by atoms with E-state index >= 15 is 0 Å². The number of hydrogen-bond acceptors (Lipinski definition) is 5. The van der Waals surface area contributed by atoms with Crippen LogP contribution in [0.5, 0.6) is 5.75 Å². The highest BCUT2D eigenvalue weighted by Gasteiger charge is 2.24. The standard InChI is InChI=1S/C20H17ClN2O4S/c1-2-16(19(25)26)27-13-7-5-6-12(10-13)11-17-18(24)23-20(28-17)22-15-9-4-3-8-14(15)21/h3-11,16H,2H2,1H3,(H,25,26)(H,22,23,24)/b17-11+. The number of benzene rings is 2. The lowest BCUT2D eigenvalue weighted by Crippen LogP contribution is -2.25. The number of aliphatic carboxylic acids is 1. The van der Waals surface area contributed by atoms with E-state index in [1.54, 1.807) is 55.5 Å². The van der Waals surface area contributed by atoms with Gasteiger partial charge in [-0.25, -0.2) is 9.79 Å². The number of nitrogens with one attached hydrogen (secondary N) is 1. The third kappa shape index (κ3) is 4.94. The van der Waals surface area contributed by atoms with Crippen molar-refractivity contribution in [1.29, 1.82) is 0 Å². The van der Waals surface area contributed by atoms with Crippen molar-refractivity contribution in [2.75, 3.05) is 0 Å². The Labute approximate surface area is 171 Å². The molecule has 1 fully saturated rings. The maximum Gasteiger partial charge on any atom is 0.344 e. The Bertz CT molecular complexity index is 974. The Kier molecular flexibility index (Phi) is 6.38. The van der Waals surface area contributed by atoms with Gasteiger partial charge in [-0.15, -0.1) is 0 Å². The molecule has 144 valence electrons. The van der Waals surface area contributed by atoms with Crippen molar-refractivity contribution in [1.82, 2.24) is 5.32 Å². The monoisotopic (exact) mass is 416 g/mol. The molecule has 0 aromatic heterocycles. The maximum atomic E-state index is 12.2. The summed E-state index contributed by atoms with van der Waals surface area (Å²) in [6.45, 7) is 1.74. The molecule has 2 aromatic carbocycles. The van der Waals surface area contributed by atoms with E-state index in [4.69, 9.17) is 21.4 Å². The first-order valence-corrected chi connectivity index (χ1v) is 9.69. The number of carbonyl (C=O) groups is 2. The van der Waals surface area contributed by atoms with Crippen molar-refractivity contribution in [2.24, 2.45) is 4.99 Å². The van der Waals surface area contributed by atoms with Gasteiger partial charge in [0.25, 0.3) is 5.91 Å². The summed E-state index contributed by atoms with van der Waals surface area (Å²) in [5.41, 5.74) is 1.29. The predicted octanol–water partition coefficient (Wildman–Crippen LogP) is 4.47. The van der Waals surface area contributed by atoms with Crippen LogP contribution in [-0.4, -0.2) is 28.3 Å². The van der Waals surface area contributed by atoms with Crippen LogP contribution in [0.25, 0.3) is 6.08 Å². The van der Waals surface area contributed by atoms with Gasteiger partial charge in [0, 0.05) is 0 Å². The molecule has 1 aliphatic heterocycles. The zero-order valence-electron chi connectivity index (χ0n) is 14.9. The number of nitrogens with zero attached hydrogens (tertiary/aromatic N) is 1. The maximum absolute atomic E-state index is 12.2. The van der Waals surface area contributed by atoms with Crippen LogP contribution in [0, 0.1) is 0 Å². The van der Waals surface area contributed by atoms with E-state index < -0.39 is 12.1 Å². The highest BCUT2D eigenvalue weighted by molar-refractivity contribution is 8.18. The van der Waals surface area contributed by atoms with E-state index in [2.05, 4.69) is 10.3 Å². The first kappa shape index (κ1) is 20.0. The highest BCUT2D eigenvalue weighted by Crippen LogP contribution is 2.31. The van der Waals surface area contributed by atoms with Crippen LogP contribution in [0.3, 0.4) is 0 Å². The van der Waals surface area contributed by atoms with E-state index in [0.717, 1.165) is 5.56 Å². The van der Waals surface area contributed by atoms with Crippen LogP contribution in [0.1, 0.15) is 18.9 Å². The van der Waals surface area contributed by atoms with E-state index in [0.29, 0.717) is 33.0 Å². The van der Waals surface area contributed by atoms with E-state index in [1.165, 1.54) is 11.8 Å². The molecular weight excluding hydrogens is 400 g/mol. The zero-order valence-corrected chi connectivity index (χ0v) is 16.5. The third-order valence-corrected chi connectivity index (χ3v) is 5.04. The molecule has 0 aliphatic carbocycles. The number of ether oxygens (including phenoxy) is 1. The summed E-state index contributed by atoms with van der Waals surface area (Å²) in [6.07, 6.45) is 1.13. The zero-order chi connectivity index (χ0) is 20.1. The summed E-state index contributed by atoms with van der Waals surface area (Å²) >= 11 is 7.30. The highest BCUT2D eigenvalue weighted by atomic mass is 35.5. The first-order valence-electron chi connectivity index (χ1n) is 8.50. The lowest BCUT2D eigenvalue weighted by molar-refractivity contribution is -0.145. The summed E-state index contributed by atoms with van der Waals surface area (Å²) in [6, 6.07) is 14.0. The van der Waals surface area contributed by atoms with Crippen molar-refractivity contribution in [3.05, 3.63) is 64.0 Å². The SMILES string of the molecule is CCC(Oc1cccc(/C=C2/SC(=Nc3ccccc3Cl)NC2=O)c1)C(=O)O. The van der Waals surface area contributed by atoms with Crippen LogP contribution in [0.15, 0.2) is 58.4 Å². The first-order chi connectivity index (χ1) is 13.5. The topological polar surface area (TPSA) is 88.0 Å². The molecule has 1 heterocycles. The summed E-state index contributed by atoms with van der Waals surface area (Å²) in [5, 5.41) is 12.8. The van der Waals surface area contributed by atoms with Crippen molar-refractivity contribution in [3.8, 4) is 5.75 Å². The Hall–Kier alpha value is -2.77. The van der Waals surface area contributed by atoms with Gasteiger partial charge in [0.1, 0.15) is 5.75 Å². The van der Waals surface area contributed by atoms with Crippen molar-refractivity contribution >= 4 is 52.2 Å². The minimum absolute atomic E-state index is 0.265. The molecule has 28 heavy (non-hydrogen) atoms. The molecule has 1 atom stereocenters. The minimum atomic E-state index is -1.02. The number of amides is 1. The molecule has 6 nitrogen and oxygen atoms in total. The number of halogens is 1. The van der Waals surface area contributed by atoms with Crippen molar-refractivity contribution in [2.45, 2.75) is 19.4 Å². The third-order valence-electron chi connectivity index (χ3n) is 3.81. The molecule has 0 spiro atoms. The number of rotatable bonds is 6. The van der Waals surface area contributed by atoms with Gasteiger partial charge in [0.2, 0.25) is 0 Å². The second-order valence-corrected chi connectivity index (χ2v) is 7.30. The van der Waals surface area contributed by atoms with Gasteiger partial charge in [-0.2, -0.15) is 0 Å². The van der Waals surface area contributed by atoms with Crippen LogP contribution in [0.4, 0.5) is 5.69 Å². The average molecular weight is 417 g/mol. The second kappa shape index (κ2) is 8.95. The fraction of sp³-hybridized carbons (Fsp3) is 0.150. The van der Waals surface area contributed by atoms with Gasteiger partial charge in [-0.05, 0) is 54.1 Å². The molecule has 1 saturated heterocycles. The lowest BCUT2D eigenvalue weighted by atomic mass is 10.2. The van der Waals surface area contributed by atoms with Gasteiger partial charge in [-0.1, -0.05) is 42.8 Å². The Morgan fingerprint density at radius 2 is 2.11 bits per heavy atom. The van der Waals surface area contributed by atoms with Crippen LogP contribution in [0.2, 0.25) is 5.02 Å². The number of hydrogen-bond donors (Lipinski definition) is 2. The molecule has 2 aromatic rings. The van der Waals surface area contributed by atoms with Crippen molar-refractivity contribution in [3.63, 3.8) is 0 Å². The molecule has 8 heteroatoms. The number of carbonyl (C=O) groups excluding carboxylic acids is 1. The molecule has 1 unspecified atom stereocenters. The van der Waals surface area contributed by atoms with Gasteiger partial charge in [0.15, 0.2) is 11.3 Å². The molecule has 1 aliphatic rings. The molecule has 0 radical (unpaired) electrons. The number of para-hydroxylation sites is 1. The van der Waals surface area contributed by atoms with Crippen LogP contribution < -0.4 is 10.1 Å². The molecule has 1 amide bonds. The number of aliphatic imine (C=N–C) groups is 1. The summed E-state index contributed by atoms with van der Waals surface area (Å²) in [4.78, 5) is 28.2. The number of carboxylic acid groups (broad SMARTS) is 1. The van der Waals surface area contributed by atoms with Crippen LogP contribution >= 0.6 is 23.4 Å². The van der Waals surface area contributed by atoms with E-state index in [-0.39, 0.29) is 5.91 Å². The molecule has 3 rings (SSSR count). The van der Waals surface area contributed by atoms with Gasteiger partial charge < -0.3 is 15.2 Å².